The molecule has 0 amide bonds. The number of rotatable bonds is 55. The SMILES string of the molecule is CC/C=C\C/C=C\C/C=C\C/C=C\C/C=C\C/C=C\C/C=C\CCCC(=O)OCC(COC(=O)CCCCCC/C=C\C/C=C\C/C=C\C/C=C\CC)OC(=O)CCCCCCCC/C=C\C/C=C\C/C=C\CCCCCCC. The highest BCUT2D eigenvalue weighted by molar-refractivity contribution is 5.71. The molecule has 1 atom stereocenters. The first kappa shape index (κ1) is 73.8. The molecule has 0 aromatic rings. The van der Waals surface area contributed by atoms with Crippen LogP contribution in [0.4, 0.5) is 0 Å². The van der Waals surface area contributed by atoms with Crippen LogP contribution in [0.3, 0.4) is 0 Å². The molecular weight excluding hydrogens is 973 g/mol. The molecule has 0 aliphatic heterocycles. The molecule has 0 rings (SSSR count). The molecule has 6 nitrogen and oxygen atoms in total. The van der Waals surface area contributed by atoms with E-state index in [4.69, 9.17) is 14.2 Å². The topological polar surface area (TPSA) is 78.9 Å². The van der Waals surface area contributed by atoms with Gasteiger partial charge in [-0.25, -0.2) is 0 Å². The predicted molar refractivity (Wildman–Crippen MR) is 343 cm³/mol. The Kier molecular flexibility index (Phi) is 61.0. The quantitative estimate of drug-likeness (QED) is 0.0261. The Hall–Kier alpha value is -5.23. The summed E-state index contributed by atoms with van der Waals surface area (Å²) in [5.74, 6) is -1.02. The van der Waals surface area contributed by atoms with E-state index in [1.54, 1.807) is 0 Å². The molecule has 0 saturated carbocycles. The Morgan fingerprint density at radius 2 is 0.506 bits per heavy atom. The lowest BCUT2D eigenvalue weighted by Crippen LogP contribution is -2.30. The summed E-state index contributed by atoms with van der Waals surface area (Å²) in [4.78, 5) is 38.3. The van der Waals surface area contributed by atoms with Crippen molar-refractivity contribution in [3.8, 4) is 0 Å². The third-order valence-electron chi connectivity index (χ3n) is 12.7. The molecule has 0 bridgehead atoms. The van der Waals surface area contributed by atoms with Gasteiger partial charge in [0.2, 0.25) is 0 Å². The lowest BCUT2D eigenvalue weighted by Gasteiger charge is -2.18. The summed E-state index contributed by atoms with van der Waals surface area (Å²) >= 11 is 0. The Bertz CT molecular complexity index is 1820. The van der Waals surface area contributed by atoms with Gasteiger partial charge in [0, 0.05) is 19.3 Å². The number of carbonyl (C=O) groups excluding carboxylic acids is 3. The number of hydrogen-bond acceptors (Lipinski definition) is 6. The molecule has 6 heteroatoms. The van der Waals surface area contributed by atoms with Crippen LogP contribution in [-0.2, 0) is 28.6 Å². The lowest BCUT2D eigenvalue weighted by atomic mass is 10.1. The maximum atomic E-state index is 12.9. The summed E-state index contributed by atoms with van der Waals surface area (Å²) in [7, 11) is 0. The highest BCUT2D eigenvalue weighted by Crippen LogP contribution is 2.13. The fourth-order valence-corrected chi connectivity index (χ4v) is 8.02. The van der Waals surface area contributed by atoms with Crippen LogP contribution in [0.2, 0.25) is 0 Å². The van der Waals surface area contributed by atoms with E-state index in [2.05, 4.69) is 191 Å². The molecule has 0 N–H and O–H groups in total. The van der Waals surface area contributed by atoms with Crippen molar-refractivity contribution in [1.29, 1.82) is 0 Å². The van der Waals surface area contributed by atoms with Crippen molar-refractivity contribution in [3.05, 3.63) is 170 Å². The number of allylic oxidation sites excluding steroid dienone is 28. The normalized spacial score (nSPS) is 13.3. The molecule has 442 valence electrons. The van der Waals surface area contributed by atoms with Gasteiger partial charge in [0.15, 0.2) is 6.10 Å². The van der Waals surface area contributed by atoms with Crippen LogP contribution < -0.4 is 0 Å². The van der Waals surface area contributed by atoms with Crippen molar-refractivity contribution in [2.75, 3.05) is 13.2 Å². The van der Waals surface area contributed by atoms with E-state index in [0.29, 0.717) is 12.8 Å². The predicted octanol–water partition coefficient (Wildman–Crippen LogP) is 21.9. The second kappa shape index (κ2) is 65.3. The summed E-state index contributed by atoms with van der Waals surface area (Å²) in [6, 6.07) is 0. The molecule has 0 saturated heterocycles. The molecule has 0 heterocycles. The molecule has 0 aliphatic rings. The number of esters is 3. The smallest absolute Gasteiger partial charge is 0.306 e. The summed E-state index contributed by atoms with van der Waals surface area (Å²) in [6.45, 7) is 6.31. The third kappa shape index (κ3) is 63.5. The molecule has 1 unspecified atom stereocenters. The van der Waals surface area contributed by atoms with Gasteiger partial charge < -0.3 is 14.2 Å². The molecule has 0 aliphatic carbocycles. The second-order valence-electron chi connectivity index (χ2n) is 20.2. The minimum absolute atomic E-state index is 0.123. The molecule has 79 heavy (non-hydrogen) atoms. The maximum Gasteiger partial charge on any atom is 0.306 e. The fourth-order valence-electron chi connectivity index (χ4n) is 8.02. The number of hydrogen-bond donors (Lipinski definition) is 0. The highest BCUT2D eigenvalue weighted by Gasteiger charge is 2.19. The van der Waals surface area contributed by atoms with Crippen molar-refractivity contribution < 1.29 is 28.6 Å². The summed E-state index contributed by atoms with van der Waals surface area (Å²) in [5.41, 5.74) is 0. The van der Waals surface area contributed by atoms with Crippen LogP contribution in [0.25, 0.3) is 0 Å². The van der Waals surface area contributed by atoms with Crippen LogP contribution in [0.5, 0.6) is 0 Å². The van der Waals surface area contributed by atoms with Crippen molar-refractivity contribution in [2.45, 2.75) is 258 Å². The van der Waals surface area contributed by atoms with Crippen LogP contribution in [0.15, 0.2) is 170 Å². The van der Waals surface area contributed by atoms with Crippen molar-refractivity contribution >= 4 is 17.9 Å². The van der Waals surface area contributed by atoms with Gasteiger partial charge in [-0.15, -0.1) is 0 Å². The van der Waals surface area contributed by atoms with Crippen LogP contribution in [0.1, 0.15) is 252 Å². The average molecular weight is 1090 g/mol. The standard InChI is InChI=1S/C73H114O6/c1-4-7-10-13-16-19-22-25-28-31-33-35-36-38-39-42-45-48-51-54-57-60-63-66-72(75)78-69-70(68-77-71(74)65-62-59-56-53-50-47-44-41-30-27-24-21-18-15-12-9-6-3)79-73(76)67-64-61-58-55-52-49-46-43-40-37-34-32-29-26-23-20-17-14-11-8-5-2/h7,9-10,12,16,18-19,21,23,25-28,30,32-35,38-40,43-45,47-48,54,57,70H,4-6,8,11,13-15,17,20,22,24,29,31,36-37,41-42,46,49-53,55-56,58-69H2,1-3H3/b10-7-,12-9-,19-16-,21-18-,26-23-,28-25-,30-27-,34-32-,35-33-,39-38-,43-40-,47-44-,48-45-,57-54-. The van der Waals surface area contributed by atoms with E-state index in [1.165, 1.54) is 51.4 Å². The zero-order valence-corrected chi connectivity index (χ0v) is 50.6. The molecular formula is C73H114O6. The van der Waals surface area contributed by atoms with Crippen molar-refractivity contribution in [1.82, 2.24) is 0 Å². The number of ether oxygens (including phenoxy) is 3. The zero-order valence-electron chi connectivity index (χ0n) is 50.6. The minimum Gasteiger partial charge on any atom is -0.462 e. The fraction of sp³-hybridized carbons (Fsp3) is 0.575. The van der Waals surface area contributed by atoms with Crippen LogP contribution >= 0.6 is 0 Å². The van der Waals surface area contributed by atoms with Gasteiger partial charge in [0.1, 0.15) is 13.2 Å². The van der Waals surface area contributed by atoms with Gasteiger partial charge in [0.25, 0.3) is 0 Å². The summed E-state index contributed by atoms with van der Waals surface area (Å²) in [6.07, 6.45) is 96.4. The Morgan fingerprint density at radius 3 is 0.823 bits per heavy atom. The first-order chi connectivity index (χ1) is 39.0. The van der Waals surface area contributed by atoms with E-state index in [-0.39, 0.29) is 44.0 Å². The van der Waals surface area contributed by atoms with Gasteiger partial charge in [-0.3, -0.25) is 14.4 Å². The molecule has 0 aromatic carbocycles. The van der Waals surface area contributed by atoms with E-state index >= 15 is 0 Å². The van der Waals surface area contributed by atoms with Gasteiger partial charge >= 0.3 is 17.9 Å². The Balaban J connectivity index is 4.59. The monoisotopic (exact) mass is 1090 g/mol. The van der Waals surface area contributed by atoms with E-state index < -0.39 is 6.10 Å². The molecule has 0 radical (unpaired) electrons. The van der Waals surface area contributed by atoms with E-state index in [1.807, 2.05) is 0 Å². The van der Waals surface area contributed by atoms with Gasteiger partial charge in [-0.05, 0) is 148 Å². The van der Waals surface area contributed by atoms with Crippen molar-refractivity contribution in [2.24, 2.45) is 0 Å². The number of unbranched alkanes of at least 4 members (excludes halogenated alkanes) is 16. The largest absolute Gasteiger partial charge is 0.462 e. The van der Waals surface area contributed by atoms with E-state index in [0.717, 1.165) is 154 Å². The lowest BCUT2D eigenvalue weighted by molar-refractivity contribution is -0.167. The number of carbonyl (C=O) groups is 3. The summed E-state index contributed by atoms with van der Waals surface area (Å²) < 4.78 is 16.8. The highest BCUT2D eigenvalue weighted by atomic mass is 16.6. The molecule has 0 fully saturated rings. The molecule has 0 aromatic heterocycles. The minimum atomic E-state index is -0.831. The first-order valence-electron chi connectivity index (χ1n) is 31.6. The van der Waals surface area contributed by atoms with Gasteiger partial charge in [-0.1, -0.05) is 255 Å². The van der Waals surface area contributed by atoms with E-state index in [9.17, 15) is 14.4 Å². The van der Waals surface area contributed by atoms with Gasteiger partial charge in [-0.2, -0.15) is 0 Å². The molecule has 0 spiro atoms. The Morgan fingerprint density at radius 1 is 0.266 bits per heavy atom. The third-order valence-corrected chi connectivity index (χ3v) is 12.7. The van der Waals surface area contributed by atoms with Crippen LogP contribution in [0, 0.1) is 0 Å². The maximum absolute atomic E-state index is 12.9. The second-order valence-corrected chi connectivity index (χ2v) is 20.2. The van der Waals surface area contributed by atoms with Crippen LogP contribution in [-0.4, -0.2) is 37.2 Å². The zero-order chi connectivity index (χ0) is 57.1. The van der Waals surface area contributed by atoms with Crippen molar-refractivity contribution in [3.63, 3.8) is 0 Å². The summed E-state index contributed by atoms with van der Waals surface area (Å²) in [5, 5.41) is 0. The first-order valence-corrected chi connectivity index (χ1v) is 31.6. The Labute approximate surface area is 485 Å². The van der Waals surface area contributed by atoms with Gasteiger partial charge in [0.05, 0.1) is 0 Å². The average Bonchev–Trinajstić information content (AvgIpc) is 3.45.